The van der Waals surface area contributed by atoms with E-state index in [-0.39, 0.29) is 18.2 Å². The fraction of sp³-hybridized carbons (Fsp3) is 0.462. The van der Waals surface area contributed by atoms with Gasteiger partial charge in [0.25, 0.3) is 5.91 Å². The minimum absolute atomic E-state index is 0.00139. The van der Waals surface area contributed by atoms with E-state index in [1.807, 2.05) is 33.8 Å². The van der Waals surface area contributed by atoms with Crippen molar-refractivity contribution in [2.24, 2.45) is 5.41 Å². The summed E-state index contributed by atoms with van der Waals surface area (Å²) in [6.07, 6.45) is 0. The zero-order valence-electron chi connectivity index (χ0n) is 10.7. The number of amides is 1. The molecular formula is C13H18N2O2. The Hall–Kier alpha value is -1.71. The van der Waals surface area contributed by atoms with Crippen molar-refractivity contribution in [2.45, 2.75) is 27.7 Å². The molecule has 1 heterocycles. The van der Waals surface area contributed by atoms with Gasteiger partial charge in [0.2, 0.25) is 0 Å². The van der Waals surface area contributed by atoms with E-state index in [1.165, 1.54) is 0 Å². The third-order valence-electron chi connectivity index (χ3n) is 2.37. The summed E-state index contributed by atoms with van der Waals surface area (Å²) in [7, 11) is 0. The first kappa shape index (κ1) is 13.4. The highest BCUT2D eigenvalue weighted by molar-refractivity contribution is 5.96. The number of aryl methyl sites for hydroxylation is 1. The maximum Gasteiger partial charge on any atom is 0.270 e. The molecule has 17 heavy (non-hydrogen) atoms. The Labute approximate surface area is 101 Å². The van der Waals surface area contributed by atoms with Gasteiger partial charge in [-0.25, -0.2) is 4.98 Å². The number of nitrogens with one attached hydrogen (secondary N) is 1. The van der Waals surface area contributed by atoms with E-state index in [9.17, 15) is 9.59 Å². The van der Waals surface area contributed by atoms with Gasteiger partial charge in [0.05, 0.1) is 6.54 Å². The van der Waals surface area contributed by atoms with Crippen molar-refractivity contribution >= 4 is 11.7 Å². The quantitative estimate of drug-likeness (QED) is 0.866. The topological polar surface area (TPSA) is 59.1 Å². The average Bonchev–Trinajstić information content (AvgIpc) is 2.24. The SMILES string of the molecule is Cc1cccc(C(=O)NCC(=O)C(C)(C)C)n1. The van der Waals surface area contributed by atoms with Crippen LogP contribution in [0.3, 0.4) is 0 Å². The molecule has 0 aliphatic rings. The molecule has 0 aromatic carbocycles. The number of hydrogen-bond acceptors (Lipinski definition) is 3. The molecule has 0 aliphatic heterocycles. The highest BCUT2D eigenvalue weighted by Gasteiger charge is 2.21. The Morgan fingerprint density at radius 3 is 2.47 bits per heavy atom. The van der Waals surface area contributed by atoms with Gasteiger partial charge in [-0.3, -0.25) is 9.59 Å². The summed E-state index contributed by atoms with van der Waals surface area (Å²) in [6, 6.07) is 5.21. The predicted molar refractivity (Wildman–Crippen MR) is 65.8 cm³/mol. The van der Waals surface area contributed by atoms with Crippen LogP contribution in [0.1, 0.15) is 37.0 Å². The second-order valence-corrected chi connectivity index (χ2v) is 5.02. The molecule has 1 amide bonds. The minimum Gasteiger partial charge on any atom is -0.344 e. The van der Waals surface area contributed by atoms with Crippen LogP contribution in [0.2, 0.25) is 0 Å². The summed E-state index contributed by atoms with van der Waals surface area (Å²) in [6.45, 7) is 7.33. The van der Waals surface area contributed by atoms with E-state index in [2.05, 4.69) is 10.3 Å². The second kappa shape index (κ2) is 5.08. The van der Waals surface area contributed by atoms with Gasteiger partial charge in [-0.2, -0.15) is 0 Å². The zero-order valence-corrected chi connectivity index (χ0v) is 10.7. The van der Waals surface area contributed by atoms with Gasteiger partial charge >= 0.3 is 0 Å². The van der Waals surface area contributed by atoms with E-state index >= 15 is 0 Å². The molecule has 1 N–H and O–H groups in total. The zero-order chi connectivity index (χ0) is 13.1. The molecule has 0 spiro atoms. The van der Waals surface area contributed by atoms with Gasteiger partial charge in [0, 0.05) is 11.1 Å². The molecule has 0 saturated heterocycles. The number of pyridine rings is 1. The number of aromatic nitrogens is 1. The fourth-order valence-electron chi connectivity index (χ4n) is 1.19. The lowest BCUT2D eigenvalue weighted by molar-refractivity contribution is -0.125. The number of Topliss-reactive ketones (excluding diaryl/α,β-unsaturated/α-hetero) is 1. The van der Waals surface area contributed by atoms with Crippen molar-refractivity contribution in [3.8, 4) is 0 Å². The Morgan fingerprint density at radius 1 is 1.29 bits per heavy atom. The van der Waals surface area contributed by atoms with Crippen LogP contribution in [0.25, 0.3) is 0 Å². The van der Waals surface area contributed by atoms with Crippen molar-refractivity contribution < 1.29 is 9.59 Å². The highest BCUT2D eigenvalue weighted by Crippen LogP contribution is 2.13. The summed E-state index contributed by atoms with van der Waals surface area (Å²) in [5, 5.41) is 2.58. The Bertz CT molecular complexity index is 433. The largest absolute Gasteiger partial charge is 0.344 e. The summed E-state index contributed by atoms with van der Waals surface area (Å²) in [5.41, 5.74) is 0.680. The third kappa shape index (κ3) is 3.98. The van der Waals surface area contributed by atoms with Crippen LogP contribution in [-0.2, 0) is 4.79 Å². The molecule has 0 saturated carbocycles. The van der Waals surface area contributed by atoms with Gasteiger partial charge in [0.15, 0.2) is 5.78 Å². The molecule has 1 aromatic heterocycles. The van der Waals surface area contributed by atoms with Gasteiger partial charge in [-0.1, -0.05) is 26.8 Å². The summed E-state index contributed by atoms with van der Waals surface area (Å²) < 4.78 is 0. The molecule has 0 atom stereocenters. The minimum atomic E-state index is -0.437. The van der Waals surface area contributed by atoms with E-state index < -0.39 is 5.41 Å². The Balaban J connectivity index is 2.60. The van der Waals surface area contributed by atoms with Crippen molar-refractivity contribution in [3.05, 3.63) is 29.6 Å². The molecule has 92 valence electrons. The summed E-state index contributed by atoms with van der Waals surface area (Å²) >= 11 is 0. The molecule has 0 unspecified atom stereocenters. The van der Waals surface area contributed by atoms with E-state index in [0.29, 0.717) is 5.69 Å². The second-order valence-electron chi connectivity index (χ2n) is 5.02. The normalized spacial score (nSPS) is 11.1. The smallest absolute Gasteiger partial charge is 0.270 e. The molecule has 4 heteroatoms. The van der Waals surface area contributed by atoms with Gasteiger partial charge in [0.1, 0.15) is 5.69 Å². The Morgan fingerprint density at radius 2 is 1.94 bits per heavy atom. The molecule has 1 aromatic rings. The molecule has 0 bridgehead atoms. The van der Waals surface area contributed by atoms with Crippen molar-refractivity contribution in [1.82, 2.24) is 10.3 Å². The van der Waals surface area contributed by atoms with Crippen LogP contribution in [0.15, 0.2) is 18.2 Å². The van der Waals surface area contributed by atoms with Crippen molar-refractivity contribution in [3.63, 3.8) is 0 Å². The first-order valence-electron chi connectivity index (χ1n) is 5.56. The Kier molecular flexibility index (Phi) is 3.99. The van der Waals surface area contributed by atoms with E-state index in [0.717, 1.165) is 5.69 Å². The van der Waals surface area contributed by atoms with Crippen LogP contribution < -0.4 is 5.32 Å². The lowest BCUT2D eigenvalue weighted by atomic mass is 9.91. The van der Waals surface area contributed by atoms with Crippen molar-refractivity contribution in [2.75, 3.05) is 6.54 Å². The fourth-order valence-corrected chi connectivity index (χ4v) is 1.19. The highest BCUT2D eigenvalue weighted by atomic mass is 16.2. The van der Waals surface area contributed by atoms with Crippen LogP contribution in [-0.4, -0.2) is 23.2 Å². The van der Waals surface area contributed by atoms with Gasteiger partial charge in [-0.15, -0.1) is 0 Å². The third-order valence-corrected chi connectivity index (χ3v) is 2.37. The molecular weight excluding hydrogens is 216 g/mol. The monoisotopic (exact) mass is 234 g/mol. The molecule has 1 rings (SSSR count). The maximum atomic E-state index is 11.7. The van der Waals surface area contributed by atoms with Crippen LogP contribution in [0.5, 0.6) is 0 Å². The summed E-state index contributed by atoms with van der Waals surface area (Å²) in [4.78, 5) is 27.4. The number of carbonyl (C=O) groups excluding carboxylic acids is 2. The number of carbonyl (C=O) groups is 2. The number of nitrogens with zero attached hydrogens (tertiary/aromatic N) is 1. The van der Waals surface area contributed by atoms with Crippen molar-refractivity contribution in [1.29, 1.82) is 0 Å². The summed E-state index contributed by atoms with van der Waals surface area (Å²) in [5.74, 6) is -0.315. The number of ketones is 1. The lowest BCUT2D eigenvalue weighted by Gasteiger charge is -2.16. The van der Waals surface area contributed by atoms with E-state index in [4.69, 9.17) is 0 Å². The predicted octanol–water partition coefficient (Wildman–Crippen LogP) is 1.74. The average molecular weight is 234 g/mol. The molecule has 0 aliphatic carbocycles. The number of rotatable bonds is 3. The number of hydrogen-bond donors (Lipinski definition) is 1. The first-order valence-corrected chi connectivity index (χ1v) is 5.56. The van der Waals surface area contributed by atoms with Gasteiger partial charge in [-0.05, 0) is 19.1 Å². The van der Waals surface area contributed by atoms with Crippen LogP contribution in [0, 0.1) is 12.3 Å². The maximum absolute atomic E-state index is 11.7. The standard InChI is InChI=1S/C13H18N2O2/c1-9-6-5-7-10(15-9)12(17)14-8-11(16)13(2,3)4/h5-7H,8H2,1-4H3,(H,14,17). The van der Waals surface area contributed by atoms with Crippen LogP contribution >= 0.6 is 0 Å². The van der Waals surface area contributed by atoms with Gasteiger partial charge < -0.3 is 5.32 Å². The molecule has 0 fully saturated rings. The van der Waals surface area contributed by atoms with E-state index in [1.54, 1.807) is 12.1 Å². The van der Waals surface area contributed by atoms with Crippen LogP contribution in [0.4, 0.5) is 0 Å². The molecule has 0 radical (unpaired) electrons. The first-order chi connectivity index (χ1) is 7.80. The molecule has 4 nitrogen and oxygen atoms in total. The lowest BCUT2D eigenvalue weighted by Crippen LogP contribution is -2.35.